The molecule has 0 aliphatic heterocycles. The molecular formula is C31H39N3O4S. The molecule has 2 atom stereocenters. The topological polar surface area (TPSA) is 86.8 Å². The summed E-state index contributed by atoms with van der Waals surface area (Å²) >= 11 is 0. The van der Waals surface area contributed by atoms with Crippen molar-refractivity contribution >= 4 is 27.5 Å². The van der Waals surface area contributed by atoms with Gasteiger partial charge in [-0.25, -0.2) is 8.42 Å². The lowest BCUT2D eigenvalue weighted by Crippen LogP contribution is -2.52. The van der Waals surface area contributed by atoms with E-state index in [2.05, 4.69) is 5.32 Å². The molecule has 0 spiro atoms. The molecule has 2 amide bonds. The lowest BCUT2D eigenvalue weighted by molar-refractivity contribution is -0.139. The third kappa shape index (κ3) is 7.69. The van der Waals surface area contributed by atoms with Crippen LogP contribution in [0.2, 0.25) is 0 Å². The maximum atomic E-state index is 14.0. The summed E-state index contributed by atoms with van der Waals surface area (Å²) in [5.74, 6) is -0.756. The van der Waals surface area contributed by atoms with Gasteiger partial charge < -0.3 is 10.2 Å². The van der Waals surface area contributed by atoms with Crippen LogP contribution in [0.5, 0.6) is 0 Å². The van der Waals surface area contributed by atoms with Crippen molar-refractivity contribution in [1.29, 1.82) is 0 Å². The second kappa shape index (κ2) is 12.9. The normalized spacial score (nSPS) is 12.9. The Kier molecular flexibility index (Phi) is 9.92. The monoisotopic (exact) mass is 549 g/mol. The molecule has 7 nitrogen and oxygen atoms in total. The second-order valence-electron chi connectivity index (χ2n) is 10.2. The molecule has 0 bridgehead atoms. The molecule has 208 valence electrons. The maximum absolute atomic E-state index is 14.0. The molecule has 1 N–H and O–H groups in total. The molecule has 3 aromatic carbocycles. The summed E-state index contributed by atoms with van der Waals surface area (Å²) in [6.07, 6.45) is 0.750. The fourth-order valence-electron chi connectivity index (χ4n) is 4.29. The lowest BCUT2D eigenvalue weighted by atomic mass is 10.1. The molecule has 3 aromatic rings. The van der Waals surface area contributed by atoms with Crippen LogP contribution < -0.4 is 9.62 Å². The van der Waals surface area contributed by atoms with E-state index in [0.29, 0.717) is 5.69 Å². The summed E-state index contributed by atoms with van der Waals surface area (Å²) in [5, 5.41) is 2.95. The van der Waals surface area contributed by atoms with Gasteiger partial charge in [0.1, 0.15) is 12.6 Å². The molecular weight excluding hydrogens is 510 g/mol. The second-order valence-corrected chi connectivity index (χ2v) is 12.0. The van der Waals surface area contributed by atoms with Crippen molar-refractivity contribution in [3.05, 3.63) is 95.1 Å². The van der Waals surface area contributed by atoms with Gasteiger partial charge >= 0.3 is 0 Å². The summed E-state index contributed by atoms with van der Waals surface area (Å²) in [7, 11) is -4.09. The van der Waals surface area contributed by atoms with E-state index in [9.17, 15) is 18.0 Å². The number of aryl methyl sites for hydroxylation is 3. The fraction of sp³-hybridized carbons (Fsp3) is 0.355. The molecule has 0 saturated carbocycles. The average Bonchev–Trinajstić information content (AvgIpc) is 2.89. The van der Waals surface area contributed by atoms with Gasteiger partial charge in [0.05, 0.1) is 10.6 Å². The lowest BCUT2D eigenvalue weighted by Gasteiger charge is -2.32. The number of amides is 2. The number of nitrogens with zero attached hydrogens (tertiary/aromatic N) is 2. The van der Waals surface area contributed by atoms with E-state index in [0.717, 1.165) is 33.0 Å². The smallest absolute Gasteiger partial charge is 0.264 e. The third-order valence-electron chi connectivity index (χ3n) is 6.75. The van der Waals surface area contributed by atoms with Gasteiger partial charge in [0.25, 0.3) is 10.0 Å². The minimum Gasteiger partial charge on any atom is -0.352 e. The first-order valence-corrected chi connectivity index (χ1v) is 14.7. The highest BCUT2D eigenvalue weighted by Gasteiger charge is 2.33. The Morgan fingerprint density at radius 1 is 0.846 bits per heavy atom. The zero-order valence-electron chi connectivity index (χ0n) is 23.6. The fourth-order valence-corrected chi connectivity index (χ4v) is 5.69. The molecule has 0 aliphatic rings. The van der Waals surface area contributed by atoms with Crippen LogP contribution in [0.4, 0.5) is 5.69 Å². The first-order chi connectivity index (χ1) is 18.4. The molecule has 0 unspecified atom stereocenters. The summed E-state index contributed by atoms with van der Waals surface area (Å²) in [4.78, 5) is 28.6. The van der Waals surface area contributed by atoms with Crippen molar-refractivity contribution in [2.45, 2.75) is 71.5 Å². The van der Waals surface area contributed by atoms with Gasteiger partial charge in [-0.2, -0.15) is 0 Å². The van der Waals surface area contributed by atoms with Crippen LogP contribution in [-0.4, -0.2) is 43.8 Å². The van der Waals surface area contributed by atoms with Crippen molar-refractivity contribution in [3.63, 3.8) is 0 Å². The summed E-state index contributed by atoms with van der Waals surface area (Å²) in [6.45, 7) is 10.9. The molecule has 3 rings (SSSR count). The number of rotatable bonds is 11. The molecule has 0 aromatic heterocycles. The van der Waals surface area contributed by atoms with E-state index in [4.69, 9.17) is 0 Å². The van der Waals surface area contributed by atoms with Gasteiger partial charge in [-0.3, -0.25) is 13.9 Å². The number of hydrogen-bond donors (Lipinski definition) is 1. The highest BCUT2D eigenvalue weighted by molar-refractivity contribution is 7.92. The van der Waals surface area contributed by atoms with Crippen LogP contribution in [0, 0.1) is 20.8 Å². The molecule has 0 heterocycles. The Labute approximate surface area is 232 Å². The van der Waals surface area contributed by atoms with Crippen LogP contribution in [0.3, 0.4) is 0 Å². The van der Waals surface area contributed by atoms with E-state index < -0.39 is 28.5 Å². The first kappa shape index (κ1) is 29.9. The number of hydrogen-bond acceptors (Lipinski definition) is 4. The summed E-state index contributed by atoms with van der Waals surface area (Å²) in [5.41, 5.74) is 3.93. The molecule has 0 aliphatic carbocycles. The van der Waals surface area contributed by atoms with E-state index in [1.165, 1.54) is 4.90 Å². The molecule has 0 fully saturated rings. The van der Waals surface area contributed by atoms with E-state index in [1.54, 1.807) is 43.3 Å². The van der Waals surface area contributed by atoms with E-state index in [1.807, 2.05) is 71.0 Å². The van der Waals surface area contributed by atoms with E-state index in [-0.39, 0.29) is 23.4 Å². The first-order valence-electron chi connectivity index (χ1n) is 13.2. The number of carbonyl (C=O) groups excluding carboxylic acids is 2. The summed E-state index contributed by atoms with van der Waals surface area (Å²) < 4.78 is 29.0. The standard InChI is InChI=1S/C31H39N3O4S/c1-7-25(5)32-31(36)26(6)33(20-27-11-9-8-10-12-27)30(35)21-34(28-18-23(3)17-24(4)19-28)39(37,38)29-15-13-22(2)14-16-29/h8-19,25-26H,7,20-21H2,1-6H3,(H,32,36)/t25-,26-/m0/s1. The minimum atomic E-state index is -4.09. The average molecular weight is 550 g/mol. The van der Waals surface area contributed by atoms with Gasteiger partial charge in [0, 0.05) is 12.6 Å². The Hall–Kier alpha value is -3.65. The van der Waals surface area contributed by atoms with Crippen LogP contribution in [0.25, 0.3) is 0 Å². The van der Waals surface area contributed by atoms with Gasteiger partial charge in [-0.05, 0) is 82.0 Å². The quantitative estimate of drug-likeness (QED) is 0.359. The van der Waals surface area contributed by atoms with E-state index >= 15 is 0 Å². The number of sulfonamides is 1. The number of benzene rings is 3. The number of anilines is 1. The number of nitrogens with one attached hydrogen (secondary N) is 1. The van der Waals surface area contributed by atoms with Crippen molar-refractivity contribution in [2.24, 2.45) is 0 Å². The van der Waals surface area contributed by atoms with Crippen molar-refractivity contribution in [2.75, 3.05) is 10.8 Å². The van der Waals surface area contributed by atoms with Crippen LogP contribution in [0.1, 0.15) is 49.4 Å². The third-order valence-corrected chi connectivity index (χ3v) is 8.53. The highest BCUT2D eigenvalue weighted by Crippen LogP contribution is 2.27. The Morgan fingerprint density at radius 2 is 1.44 bits per heavy atom. The molecule has 8 heteroatoms. The largest absolute Gasteiger partial charge is 0.352 e. The Bertz CT molecular complexity index is 1370. The maximum Gasteiger partial charge on any atom is 0.264 e. The van der Waals surface area contributed by atoms with Gasteiger partial charge in [0.2, 0.25) is 11.8 Å². The number of carbonyl (C=O) groups is 2. The Balaban J connectivity index is 2.04. The molecule has 0 radical (unpaired) electrons. The highest BCUT2D eigenvalue weighted by atomic mass is 32.2. The SMILES string of the molecule is CC[C@H](C)NC(=O)[C@H](C)N(Cc1ccccc1)C(=O)CN(c1cc(C)cc(C)c1)S(=O)(=O)c1ccc(C)cc1. The van der Waals surface area contributed by atoms with Crippen molar-refractivity contribution < 1.29 is 18.0 Å². The van der Waals surface area contributed by atoms with Gasteiger partial charge in [-0.15, -0.1) is 0 Å². The predicted molar refractivity (Wildman–Crippen MR) is 156 cm³/mol. The van der Waals surface area contributed by atoms with Crippen LogP contribution in [-0.2, 0) is 26.2 Å². The van der Waals surface area contributed by atoms with Crippen molar-refractivity contribution in [3.8, 4) is 0 Å². The van der Waals surface area contributed by atoms with Crippen LogP contribution >= 0.6 is 0 Å². The Morgan fingerprint density at radius 3 is 2.00 bits per heavy atom. The zero-order chi connectivity index (χ0) is 28.7. The molecule has 0 saturated heterocycles. The summed E-state index contributed by atoms with van der Waals surface area (Å²) in [6, 6.07) is 20.5. The van der Waals surface area contributed by atoms with Crippen molar-refractivity contribution in [1.82, 2.24) is 10.2 Å². The molecule has 39 heavy (non-hydrogen) atoms. The van der Waals surface area contributed by atoms with Gasteiger partial charge in [-0.1, -0.05) is 61.0 Å². The predicted octanol–water partition coefficient (Wildman–Crippen LogP) is 5.14. The minimum absolute atomic E-state index is 0.0534. The zero-order valence-corrected chi connectivity index (χ0v) is 24.5. The van der Waals surface area contributed by atoms with Crippen LogP contribution in [0.15, 0.2) is 77.7 Å². The van der Waals surface area contributed by atoms with Gasteiger partial charge in [0.15, 0.2) is 0 Å².